The fraction of sp³-hybridized carbons (Fsp3) is 1.00. The van der Waals surface area contributed by atoms with E-state index >= 15 is 0 Å². The molecule has 0 spiro atoms. The molecule has 0 aromatic carbocycles. The van der Waals surface area contributed by atoms with Gasteiger partial charge < -0.3 is 20.8 Å². The molecule has 0 unspecified atom stereocenters. The molecule has 0 bridgehead atoms. The molecule has 0 amide bonds. The molecule has 0 fully saturated rings. The maximum absolute atomic E-state index is 9.56. The standard InChI is InChI=1S/C6H15NO3.C2H6OS.H4N2.H2O/c8-4-1-7(2-5-9)3-6-10;1-4(2)3;1-2;/h8-10H,1-6H2;1-2H3;1-2H2;1H2. The van der Waals surface area contributed by atoms with E-state index in [4.69, 9.17) is 15.3 Å². The Kier molecular flexibility index (Phi) is 37.6. The topological polar surface area (TPSA) is 165 Å². The molecule has 0 rings (SSSR count). The maximum Gasteiger partial charge on any atom is 0.0558 e. The van der Waals surface area contributed by atoms with Gasteiger partial charge in [-0.05, 0) is 0 Å². The van der Waals surface area contributed by atoms with Crippen molar-refractivity contribution >= 4 is 10.8 Å². The second-order valence-corrected chi connectivity index (χ2v) is 4.24. The average molecular weight is 277 g/mol. The van der Waals surface area contributed by atoms with Crippen molar-refractivity contribution in [2.24, 2.45) is 11.7 Å². The molecule has 17 heavy (non-hydrogen) atoms. The smallest absolute Gasteiger partial charge is 0.0558 e. The Morgan fingerprint density at radius 3 is 1.24 bits per heavy atom. The highest BCUT2D eigenvalue weighted by atomic mass is 32.2. The van der Waals surface area contributed by atoms with Gasteiger partial charge in [-0.1, -0.05) is 0 Å². The summed E-state index contributed by atoms with van der Waals surface area (Å²) in [5, 5.41) is 25.5. The number of hydrogen-bond acceptors (Lipinski definition) is 7. The molecule has 9 N–H and O–H groups in total. The molecular weight excluding hydrogens is 250 g/mol. The van der Waals surface area contributed by atoms with Crippen LogP contribution >= 0.6 is 0 Å². The molecule has 0 saturated carbocycles. The molecule has 9 heteroatoms. The van der Waals surface area contributed by atoms with Gasteiger partial charge >= 0.3 is 0 Å². The Balaban J connectivity index is -0.000000103. The SMILES string of the molecule is CS(C)=O.NN.O.OCCN(CCO)CCO. The quantitative estimate of drug-likeness (QED) is 0.246. The fourth-order valence-electron chi connectivity index (χ4n) is 0.760. The Labute approximate surface area is 105 Å². The Hall–Kier alpha value is -0.130. The first kappa shape index (κ1) is 25.7. The molecule has 0 aliphatic heterocycles. The van der Waals surface area contributed by atoms with E-state index < -0.39 is 10.8 Å². The minimum absolute atomic E-state index is 0. The van der Waals surface area contributed by atoms with Crippen molar-refractivity contribution in [1.29, 1.82) is 0 Å². The molecular formula is C8H27N3O5S. The predicted molar refractivity (Wildman–Crippen MR) is 69.7 cm³/mol. The highest BCUT2D eigenvalue weighted by Gasteiger charge is 2.00. The van der Waals surface area contributed by atoms with Crippen LogP contribution in [0.25, 0.3) is 0 Å². The van der Waals surface area contributed by atoms with E-state index in [1.54, 1.807) is 17.4 Å². The first-order valence-corrected chi connectivity index (χ1v) is 6.68. The number of nitrogens with two attached hydrogens (primary N) is 2. The summed E-state index contributed by atoms with van der Waals surface area (Å²) >= 11 is 0. The number of rotatable bonds is 6. The zero-order chi connectivity index (χ0) is 13.4. The number of nitrogens with zero attached hydrogens (tertiary/aromatic N) is 1. The van der Waals surface area contributed by atoms with Crippen molar-refractivity contribution in [2.75, 3.05) is 52.0 Å². The van der Waals surface area contributed by atoms with Crippen molar-refractivity contribution in [2.45, 2.75) is 0 Å². The third-order valence-corrected chi connectivity index (χ3v) is 1.25. The van der Waals surface area contributed by atoms with Crippen molar-refractivity contribution in [3.05, 3.63) is 0 Å². The highest BCUT2D eigenvalue weighted by molar-refractivity contribution is 7.83. The van der Waals surface area contributed by atoms with Gasteiger partial charge in [0.05, 0.1) is 19.8 Å². The lowest BCUT2D eigenvalue weighted by Gasteiger charge is -2.17. The third kappa shape index (κ3) is 38.8. The van der Waals surface area contributed by atoms with E-state index in [1.165, 1.54) is 0 Å². The third-order valence-electron chi connectivity index (χ3n) is 1.25. The van der Waals surface area contributed by atoms with E-state index in [0.717, 1.165) is 0 Å². The Morgan fingerprint density at radius 2 is 1.12 bits per heavy atom. The molecule has 0 radical (unpaired) electrons. The Morgan fingerprint density at radius 1 is 0.941 bits per heavy atom. The zero-order valence-electron chi connectivity index (χ0n) is 10.5. The second-order valence-electron chi connectivity index (χ2n) is 2.75. The van der Waals surface area contributed by atoms with Gasteiger partial charge in [0.2, 0.25) is 0 Å². The van der Waals surface area contributed by atoms with Crippen LogP contribution in [0.1, 0.15) is 0 Å². The van der Waals surface area contributed by atoms with E-state index in [1.807, 2.05) is 0 Å². The monoisotopic (exact) mass is 277 g/mol. The van der Waals surface area contributed by atoms with Crippen molar-refractivity contribution in [3.63, 3.8) is 0 Å². The van der Waals surface area contributed by atoms with E-state index in [0.29, 0.717) is 19.6 Å². The van der Waals surface area contributed by atoms with Gasteiger partial charge in [-0.25, -0.2) is 0 Å². The molecule has 110 valence electrons. The summed E-state index contributed by atoms with van der Waals surface area (Å²) in [6.45, 7) is 1.75. The molecule has 0 atom stereocenters. The Bertz CT molecular complexity index is 124. The maximum atomic E-state index is 9.56. The summed E-state index contributed by atoms with van der Waals surface area (Å²) in [5.74, 6) is 8.00. The first-order valence-electron chi connectivity index (χ1n) is 4.71. The van der Waals surface area contributed by atoms with Gasteiger partial charge in [0.25, 0.3) is 0 Å². The lowest BCUT2D eigenvalue weighted by atomic mass is 10.4. The summed E-state index contributed by atoms with van der Waals surface area (Å²) in [4.78, 5) is 1.79. The molecule has 8 nitrogen and oxygen atoms in total. The highest BCUT2D eigenvalue weighted by Crippen LogP contribution is 1.84. The minimum atomic E-state index is -0.611. The fourth-order valence-corrected chi connectivity index (χ4v) is 0.760. The normalized spacial score (nSPS) is 8.76. The number of hydrazine groups is 1. The lowest BCUT2D eigenvalue weighted by molar-refractivity contribution is 0.136. The van der Waals surface area contributed by atoms with E-state index in [2.05, 4.69) is 11.7 Å². The molecule has 0 aromatic rings. The summed E-state index contributed by atoms with van der Waals surface area (Å²) in [6, 6.07) is 0. The zero-order valence-corrected chi connectivity index (χ0v) is 11.3. The molecule has 0 aliphatic carbocycles. The van der Waals surface area contributed by atoms with E-state index in [-0.39, 0.29) is 25.3 Å². The van der Waals surface area contributed by atoms with Crippen LogP contribution in [0, 0.1) is 0 Å². The average Bonchev–Trinajstić information content (AvgIpc) is 2.21. The van der Waals surface area contributed by atoms with Crippen LogP contribution in [-0.2, 0) is 10.8 Å². The largest absolute Gasteiger partial charge is 0.412 e. The summed E-state index contributed by atoms with van der Waals surface area (Å²) < 4.78 is 9.56. The van der Waals surface area contributed by atoms with Crippen molar-refractivity contribution in [3.8, 4) is 0 Å². The molecule has 0 heterocycles. The van der Waals surface area contributed by atoms with Gasteiger partial charge in [-0.2, -0.15) is 0 Å². The van der Waals surface area contributed by atoms with E-state index in [9.17, 15) is 4.21 Å². The number of aliphatic hydroxyl groups excluding tert-OH is 3. The molecule has 0 aliphatic rings. The van der Waals surface area contributed by atoms with Gasteiger partial charge in [0.1, 0.15) is 0 Å². The second kappa shape index (κ2) is 24.9. The van der Waals surface area contributed by atoms with Crippen molar-refractivity contribution < 1.29 is 25.0 Å². The van der Waals surface area contributed by atoms with Crippen LogP contribution in [0.2, 0.25) is 0 Å². The van der Waals surface area contributed by atoms with Gasteiger partial charge in [0.15, 0.2) is 0 Å². The van der Waals surface area contributed by atoms with Crippen LogP contribution < -0.4 is 11.7 Å². The van der Waals surface area contributed by atoms with Gasteiger partial charge in [-0.3, -0.25) is 20.8 Å². The van der Waals surface area contributed by atoms with Crippen LogP contribution in [-0.4, -0.2) is 81.9 Å². The molecule has 0 saturated heterocycles. The lowest BCUT2D eigenvalue weighted by Crippen LogP contribution is -2.32. The van der Waals surface area contributed by atoms with Gasteiger partial charge in [-0.15, -0.1) is 0 Å². The van der Waals surface area contributed by atoms with Crippen LogP contribution in [0.4, 0.5) is 0 Å². The van der Waals surface area contributed by atoms with Crippen LogP contribution in [0.3, 0.4) is 0 Å². The van der Waals surface area contributed by atoms with Gasteiger partial charge in [0, 0.05) is 42.9 Å². The summed E-state index contributed by atoms with van der Waals surface area (Å²) in [7, 11) is -0.611. The summed E-state index contributed by atoms with van der Waals surface area (Å²) in [5.41, 5.74) is 0. The van der Waals surface area contributed by atoms with Crippen LogP contribution in [0.5, 0.6) is 0 Å². The van der Waals surface area contributed by atoms with Crippen molar-refractivity contribution in [1.82, 2.24) is 4.90 Å². The predicted octanol–water partition coefficient (Wildman–Crippen LogP) is -3.75. The number of hydrogen-bond donors (Lipinski definition) is 5. The van der Waals surface area contributed by atoms with Crippen LogP contribution in [0.15, 0.2) is 0 Å². The number of aliphatic hydroxyl groups is 3. The molecule has 0 aromatic heterocycles. The summed E-state index contributed by atoms with van der Waals surface area (Å²) in [6.07, 6.45) is 3.28. The first-order chi connectivity index (χ1) is 7.58. The minimum Gasteiger partial charge on any atom is -0.412 e.